The van der Waals surface area contributed by atoms with Gasteiger partial charge in [-0.3, -0.25) is 5.32 Å². The lowest BCUT2D eigenvalue weighted by Gasteiger charge is -2.37. The van der Waals surface area contributed by atoms with Gasteiger partial charge in [-0.15, -0.1) is 0 Å². The molecule has 2 saturated heterocycles. The third-order valence-corrected chi connectivity index (χ3v) is 6.75. The largest absolute Gasteiger partial charge is 0.359 e. The minimum Gasteiger partial charge on any atom is -0.359 e. The third-order valence-electron chi connectivity index (χ3n) is 4.84. The number of nitrogens with one attached hydrogen (secondary N) is 1. The third kappa shape index (κ3) is 3.60. The van der Waals surface area contributed by atoms with E-state index in [0.29, 0.717) is 37.4 Å². The molecule has 2 aliphatic rings. The summed E-state index contributed by atoms with van der Waals surface area (Å²) in [5.41, 5.74) is 0.905. The fourth-order valence-electron chi connectivity index (χ4n) is 3.34. The Morgan fingerprint density at radius 3 is 2.48 bits per heavy atom. The van der Waals surface area contributed by atoms with Gasteiger partial charge in [-0.1, -0.05) is 25.5 Å². The van der Waals surface area contributed by atoms with Crippen LogP contribution in [0.3, 0.4) is 0 Å². The lowest BCUT2D eigenvalue weighted by molar-refractivity contribution is -0.0445. The lowest BCUT2D eigenvalue weighted by atomic mass is 10.0. The van der Waals surface area contributed by atoms with Crippen LogP contribution in [0.1, 0.15) is 38.2 Å². The second kappa shape index (κ2) is 6.89. The van der Waals surface area contributed by atoms with E-state index in [9.17, 15) is 8.42 Å². The molecule has 2 fully saturated rings. The van der Waals surface area contributed by atoms with Gasteiger partial charge in [-0.25, -0.2) is 8.42 Å². The van der Waals surface area contributed by atoms with Crippen LogP contribution in [-0.2, 0) is 21.2 Å². The number of piperidine rings is 1. The molecule has 0 bridgehead atoms. The van der Waals surface area contributed by atoms with Gasteiger partial charge < -0.3 is 4.74 Å². The van der Waals surface area contributed by atoms with Gasteiger partial charge in [-0.05, 0) is 30.5 Å². The van der Waals surface area contributed by atoms with Crippen LogP contribution < -0.4 is 5.32 Å². The average molecular weight is 338 g/mol. The molecule has 0 radical (unpaired) electrons. The molecule has 1 aromatic carbocycles. The van der Waals surface area contributed by atoms with Crippen LogP contribution in [0.5, 0.6) is 0 Å². The Bertz CT molecular complexity index is 612. The maximum atomic E-state index is 12.8. The van der Waals surface area contributed by atoms with Gasteiger partial charge in [0, 0.05) is 32.5 Å². The van der Waals surface area contributed by atoms with Crippen molar-refractivity contribution in [3.8, 4) is 0 Å². The molecule has 0 aromatic heterocycles. The first-order valence-corrected chi connectivity index (χ1v) is 9.98. The van der Waals surface area contributed by atoms with Gasteiger partial charge >= 0.3 is 0 Å². The molecule has 0 amide bonds. The molecule has 0 unspecified atom stereocenters. The second-order valence-corrected chi connectivity index (χ2v) is 8.36. The number of ether oxygens (including phenoxy) is 1. The number of unbranched alkanes of at least 4 members (excludes halogenated alkanes) is 1. The van der Waals surface area contributed by atoms with Crippen LogP contribution in [0.25, 0.3) is 0 Å². The SMILES string of the molecule is CCCCc1ccc(S(=O)(=O)N2CCC3(CC2)NCCO3)cc1. The molecule has 0 atom stereocenters. The predicted octanol–water partition coefficient (Wildman–Crippen LogP) is 2.13. The first-order valence-electron chi connectivity index (χ1n) is 8.54. The molecule has 0 aliphatic carbocycles. The Balaban J connectivity index is 1.67. The van der Waals surface area contributed by atoms with E-state index in [0.717, 1.165) is 25.8 Å². The fourth-order valence-corrected chi connectivity index (χ4v) is 4.78. The molecule has 2 heterocycles. The Kier molecular flexibility index (Phi) is 5.06. The number of benzene rings is 1. The second-order valence-electron chi connectivity index (χ2n) is 6.42. The fraction of sp³-hybridized carbons (Fsp3) is 0.647. The molecule has 1 aromatic rings. The van der Waals surface area contributed by atoms with Crippen molar-refractivity contribution < 1.29 is 13.2 Å². The number of rotatable bonds is 5. The van der Waals surface area contributed by atoms with E-state index in [1.807, 2.05) is 12.1 Å². The molecular weight excluding hydrogens is 312 g/mol. The Morgan fingerprint density at radius 2 is 1.91 bits per heavy atom. The Morgan fingerprint density at radius 1 is 1.22 bits per heavy atom. The standard InChI is InChI=1S/C17H26N2O3S/c1-2-3-4-15-5-7-16(8-6-15)23(20,21)19-12-9-17(10-13-19)18-11-14-22-17/h5-8,18H,2-4,9-14H2,1H3. The molecular formula is C17H26N2O3S. The highest BCUT2D eigenvalue weighted by Crippen LogP contribution is 2.29. The Hall–Kier alpha value is -0.950. The van der Waals surface area contributed by atoms with E-state index >= 15 is 0 Å². The van der Waals surface area contributed by atoms with Crippen LogP contribution in [0.15, 0.2) is 29.2 Å². The highest BCUT2D eigenvalue weighted by Gasteiger charge is 2.41. The highest BCUT2D eigenvalue weighted by atomic mass is 32.2. The average Bonchev–Trinajstić information content (AvgIpc) is 3.02. The predicted molar refractivity (Wildman–Crippen MR) is 89.7 cm³/mol. The van der Waals surface area contributed by atoms with Crippen molar-refractivity contribution in [2.24, 2.45) is 0 Å². The Labute approximate surface area is 139 Å². The monoisotopic (exact) mass is 338 g/mol. The van der Waals surface area contributed by atoms with Crippen molar-refractivity contribution in [2.75, 3.05) is 26.2 Å². The summed E-state index contributed by atoms with van der Waals surface area (Å²) >= 11 is 0. The molecule has 1 N–H and O–H groups in total. The number of sulfonamides is 1. The smallest absolute Gasteiger partial charge is 0.243 e. The minimum absolute atomic E-state index is 0.296. The van der Waals surface area contributed by atoms with E-state index < -0.39 is 10.0 Å². The molecule has 6 heteroatoms. The van der Waals surface area contributed by atoms with Gasteiger partial charge in [0.1, 0.15) is 5.72 Å². The zero-order valence-electron chi connectivity index (χ0n) is 13.8. The lowest BCUT2D eigenvalue weighted by Crippen LogP contribution is -2.52. The van der Waals surface area contributed by atoms with E-state index in [-0.39, 0.29) is 5.72 Å². The van der Waals surface area contributed by atoms with Crippen LogP contribution in [0.4, 0.5) is 0 Å². The summed E-state index contributed by atoms with van der Waals surface area (Å²) in [6, 6.07) is 7.37. The zero-order valence-corrected chi connectivity index (χ0v) is 14.6. The quantitative estimate of drug-likeness (QED) is 0.893. The summed E-state index contributed by atoms with van der Waals surface area (Å²) in [5, 5.41) is 3.37. The van der Waals surface area contributed by atoms with Crippen molar-refractivity contribution in [2.45, 2.75) is 49.6 Å². The summed E-state index contributed by atoms with van der Waals surface area (Å²) in [6.07, 6.45) is 4.70. The molecule has 0 saturated carbocycles. The summed E-state index contributed by atoms with van der Waals surface area (Å²) < 4.78 is 32.9. The van der Waals surface area contributed by atoms with Crippen molar-refractivity contribution in [3.05, 3.63) is 29.8 Å². The van der Waals surface area contributed by atoms with Gasteiger partial charge in [0.05, 0.1) is 11.5 Å². The summed E-state index contributed by atoms with van der Waals surface area (Å²) in [5.74, 6) is 0. The van der Waals surface area contributed by atoms with Crippen LogP contribution in [0.2, 0.25) is 0 Å². The topological polar surface area (TPSA) is 58.6 Å². The number of hydrogen-bond donors (Lipinski definition) is 1. The van der Waals surface area contributed by atoms with Crippen molar-refractivity contribution >= 4 is 10.0 Å². The summed E-state index contributed by atoms with van der Waals surface area (Å²) in [6.45, 7) is 4.74. The van der Waals surface area contributed by atoms with Crippen LogP contribution in [0, 0.1) is 0 Å². The highest BCUT2D eigenvalue weighted by molar-refractivity contribution is 7.89. The molecule has 1 spiro atoms. The maximum absolute atomic E-state index is 12.8. The van der Waals surface area contributed by atoms with Crippen molar-refractivity contribution in [3.63, 3.8) is 0 Å². The first-order chi connectivity index (χ1) is 11.1. The molecule has 5 nitrogen and oxygen atoms in total. The summed E-state index contributed by atoms with van der Waals surface area (Å²) in [4.78, 5) is 0.397. The van der Waals surface area contributed by atoms with Crippen LogP contribution in [-0.4, -0.2) is 44.7 Å². The zero-order chi connectivity index (χ0) is 16.3. The van der Waals surface area contributed by atoms with Gasteiger partial charge in [0.2, 0.25) is 10.0 Å². The van der Waals surface area contributed by atoms with Gasteiger partial charge in [-0.2, -0.15) is 4.31 Å². The molecule has 3 rings (SSSR count). The van der Waals surface area contributed by atoms with Gasteiger partial charge in [0.15, 0.2) is 0 Å². The van der Waals surface area contributed by atoms with Crippen molar-refractivity contribution in [1.82, 2.24) is 9.62 Å². The molecule has 23 heavy (non-hydrogen) atoms. The number of hydrogen-bond acceptors (Lipinski definition) is 4. The molecule has 128 valence electrons. The van der Waals surface area contributed by atoms with Gasteiger partial charge in [0.25, 0.3) is 0 Å². The van der Waals surface area contributed by atoms with E-state index in [1.54, 1.807) is 16.4 Å². The summed E-state index contributed by atoms with van der Waals surface area (Å²) in [7, 11) is -3.40. The minimum atomic E-state index is -3.40. The van der Waals surface area contributed by atoms with Crippen molar-refractivity contribution in [1.29, 1.82) is 0 Å². The van der Waals surface area contributed by atoms with E-state index in [1.165, 1.54) is 5.56 Å². The van der Waals surface area contributed by atoms with Crippen LogP contribution >= 0.6 is 0 Å². The van der Waals surface area contributed by atoms with E-state index in [4.69, 9.17) is 4.74 Å². The van der Waals surface area contributed by atoms with E-state index in [2.05, 4.69) is 12.2 Å². The number of nitrogens with zero attached hydrogens (tertiary/aromatic N) is 1. The molecule has 2 aliphatic heterocycles. The first kappa shape index (κ1) is 16.9. The normalized spacial score (nSPS) is 21.8. The maximum Gasteiger partial charge on any atom is 0.243 e. The number of aryl methyl sites for hydroxylation is 1.